The van der Waals surface area contributed by atoms with Gasteiger partial charge in [0.25, 0.3) is 0 Å². The first-order chi connectivity index (χ1) is 7.24. The number of aliphatic imine (C=N–C) groups is 1. The molecule has 0 unspecified atom stereocenters. The average Bonchev–Trinajstić information content (AvgIpc) is 2.77. The summed E-state index contributed by atoms with van der Waals surface area (Å²) in [7, 11) is 1.84. The van der Waals surface area contributed by atoms with Crippen LogP contribution >= 0.6 is 11.6 Å². The molecule has 0 bridgehead atoms. The Morgan fingerprint density at radius 3 is 2.80 bits per heavy atom. The number of hydrogen-bond acceptors (Lipinski definition) is 3. The zero-order valence-corrected chi connectivity index (χ0v) is 9.29. The summed E-state index contributed by atoms with van der Waals surface area (Å²) in [6, 6.07) is 0. The smallest absolute Gasteiger partial charge is 0.240 e. The number of rotatable bonds is 2. The highest BCUT2D eigenvalue weighted by Crippen LogP contribution is 2.41. The number of aryl methyl sites for hydroxylation is 1. The van der Waals surface area contributed by atoms with Gasteiger partial charge in [0.1, 0.15) is 5.69 Å². The molecule has 0 spiro atoms. The molecule has 1 aliphatic carbocycles. The molecule has 0 aliphatic heterocycles. The number of carbonyl (C=O) groups excluding carboxylic acids is 1. The van der Waals surface area contributed by atoms with E-state index in [1.807, 2.05) is 7.05 Å². The van der Waals surface area contributed by atoms with Crippen molar-refractivity contribution >= 4 is 23.4 Å². The fourth-order valence-electron chi connectivity index (χ4n) is 2.30. The molecule has 5 heteroatoms. The summed E-state index contributed by atoms with van der Waals surface area (Å²) in [5.74, 6) is 0.432. The number of aromatic nitrogens is 2. The Labute approximate surface area is 92.9 Å². The fourth-order valence-corrected chi connectivity index (χ4v) is 2.55. The summed E-state index contributed by atoms with van der Waals surface area (Å²) in [4.78, 5) is 14.0. The molecule has 0 amide bonds. The van der Waals surface area contributed by atoms with Gasteiger partial charge in [0.05, 0.1) is 5.69 Å². The molecule has 0 aromatic carbocycles. The summed E-state index contributed by atoms with van der Waals surface area (Å²) in [5.41, 5.74) is 1.47. The van der Waals surface area contributed by atoms with Crippen LogP contribution in [0, 0.1) is 0 Å². The minimum absolute atomic E-state index is 0.294. The lowest BCUT2D eigenvalue weighted by Crippen LogP contribution is -2.02. The number of halogens is 1. The van der Waals surface area contributed by atoms with Crippen molar-refractivity contribution in [2.45, 2.75) is 31.6 Å². The number of nitrogens with zero attached hydrogens (tertiary/aromatic N) is 3. The predicted octanol–water partition coefficient (Wildman–Crippen LogP) is 2.70. The van der Waals surface area contributed by atoms with Gasteiger partial charge in [-0.15, -0.1) is 0 Å². The molecule has 1 saturated carbocycles. The lowest BCUT2D eigenvalue weighted by Gasteiger charge is -2.09. The highest BCUT2D eigenvalue weighted by atomic mass is 35.5. The van der Waals surface area contributed by atoms with E-state index in [1.165, 1.54) is 18.9 Å². The van der Waals surface area contributed by atoms with Crippen LogP contribution in [-0.4, -0.2) is 15.9 Å². The van der Waals surface area contributed by atoms with Crippen molar-refractivity contribution in [1.29, 1.82) is 0 Å². The Bertz CT molecular complexity index is 415. The maximum Gasteiger partial charge on any atom is 0.240 e. The molecule has 1 aromatic rings. The first-order valence-electron chi connectivity index (χ1n) is 5.04. The SMILES string of the molecule is Cn1nc(Cl)c(N=C=O)c1C1CCCC1. The van der Waals surface area contributed by atoms with Gasteiger partial charge in [0.2, 0.25) is 6.08 Å². The van der Waals surface area contributed by atoms with Gasteiger partial charge < -0.3 is 0 Å². The number of isocyanates is 1. The minimum Gasteiger partial charge on any atom is -0.269 e. The Hall–Kier alpha value is -1.12. The van der Waals surface area contributed by atoms with E-state index in [1.54, 1.807) is 4.68 Å². The lowest BCUT2D eigenvalue weighted by atomic mass is 10.0. The van der Waals surface area contributed by atoms with Crippen molar-refractivity contribution < 1.29 is 4.79 Å². The molecular weight excluding hydrogens is 214 g/mol. The molecule has 0 saturated heterocycles. The Balaban J connectivity index is 2.47. The van der Waals surface area contributed by atoms with E-state index >= 15 is 0 Å². The second-order valence-corrected chi connectivity index (χ2v) is 4.19. The van der Waals surface area contributed by atoms with Gasteiger partial charge in [-0.3, -0.25) is 4.68 Å². The van der Waals surface area contributed by atoms with E-state index in [0.717, 1.165) is 18.5 Å². The third-order valence-corrected chi connectivity index (χ3v) is 3.18. The molecule has 4 nitrogen and oxygen atoms in total. The predicted molar refractivity (Wildman–Crippen MR) is 57.2 cm³/mol. The van der Waals surface area contributed by atoms with Gasteiger partial charge in [-0.25, -0.2) is 4.79 Å². The maximum absolute atomic E-state index is 10.3. The van der Waals surface area contributed by atoms with E-state index in [-0.39, 0.29) is 0 Å². The minimum atomic E-state index is 0.294. The second kappa shape index (κ2) is 4.17. The van der Waals surface area contributed by atoms with E-state index in [0.29, 0.717) is 16.8 Å². The molecule has 15 heavy (non-hydrogen) atoms. The topological polar surface area (TPSA) is 47.2 Å². The molecule has 0 N–H and O–H groups in total. The van der Waals surface area contributed by atoms with E-state index in [4.69, 9.17) is 11.6 Å². The zero-order chi connectivity index (χ0) is 10.8. The van der Waals surface area contributed by atoms with Crippen LogP contribution in [0.2, 0.25) is 5.15 Å². The second-order valence-electron chi connectivity index (χ2n) is 3.83. The van der Waals surface area contributed by atoms with Crippen LogP contribution in [0.25, 0.3) is 0 Å². The molecule has 1 aromatic heterocycles. The summed E-state index contributed by atoms with van der Waals surface area (Å²) in [5, 5.41) is 4.38. The van der Waals surface area contributed by atoms with Crippen LogP contribution in [0.1, 0.15) is 37.3 Å². The molecule has 2 rings (SSSR count). The van der Waals surface area contributed by atoms with Gasteiger partial charge in [-0.1, -0.05) is 24.4 Å². The normalized spacial score (nSPS) is 16.7. The molecule has 0 atom stereocenters. The van der Waals surface area contributed by atoms with Crippen molar-refractivity contribution in [3.8, 4) is 0 Å². The molecule has 0 radical (unpaired) electrons. The maximum atomic E-state index is 10.3. The lowest BCUT2D eigenvalue weighted by molar-refractivity contribution is 0.565. The molecule has 80 valence electrons. The van der Waals surface area contributed by atoms with Gasteiger partial charge in [0, 0.05) is 13.0 Å². The highest BCUT2D eigenvalue weighted by Gasteiger charge is 2.25. The average molecular weight is 226 g/mol. The first kappa shape index (κ1) is 10.4. The third-order valence-electron chi connectivity index (χ3n) is 2.92. The fraction of sp³-hybridized carbons (Fsp3) is 0.600. The van der Waals surface area contributed by atoms with Crippen molar-refractivity contribution in [2.75, 3.05) is 0 Å². The van der Waals surface area contributed by atoms with Crippen LogP contribution < -0.4 is 0 Å². The van der Waals surface area contributed by atoms with E-state index in [2.05, 4.69) is 10.1 Å². The van der Waals surface area contributed by atoms with Crippen molar-refractivity contribution in [2.24, 2.45) is 12.0 Å². The molecule has 1 heterocycles. The van der Waals surface area contributed by atoms with Crippen LogP contribution in [0.3, 0.4) is 0 Å². The summed E-state index contributed by atoms with van der Waals surface area (Å²) in [6.45, 7) is 0. The summed E-state index contributed by atoms with van der Waals surface area (Å²) < 4.78 is 1.73. The van der Waals surface area contributed by atoms with Crippen LogP contribution in [0.15, 0.2) is 4.99 Å². The van der Waals surface area contributed by atoms with Crippen LogP contribution in [0.5, 0.6) is 0 Å². The van der Waals surface area contributed by atoms with Crippen LogP contribution in [-0.2, 0) is 11.8 Å². The highest BCUT2D eigenvalue weighted by molar-refractivity contribution is 6.32. The van der Waals surface area contributed by atoms with E-state index in [9.17, 15) is 4.79 Å². The van der Waals surface area contributed by atoms with Crippen LogP contribution in [0.4, 0.5) is 5.69 Å². The van der Waals surface area contributed by atoms with Crippen molar-refractivity contribution in [3.63, 3.8) is 0 Å². The third kappa shape index (κ3) is 1.83. The van der Waals surface area contributed by atoms with Gasteiger partial charge in [0.15, 0.2) is 5.15 Å². The molecule has 1 fully saturated rings. The quantitative estimate of drug-likeness (QED) is 0.574. The standard InChI is InChI=1S/C10H12ClN3O/c1-14-9(7-4-2-3-5-7)8(12-6-15)10(11)13-14/h7H,2-5H2,1H3. The Morgan fingerprint density at radius 2 is 2.20 bits per heavy atom. The van der Waals surface area contributed by atoms with E-state index < -0.39 is 0 Å². The monoisotopic (exact) mass is 225 g/mol. The Morgan fingerprint density at radius 1 is 1.53 bits per heavy atom. The van der Waals surface area contributed by atoms with Crippen molar-refractivity contribution in [3.05, 3.63) is 10.8 Å². The van der Waals surface area contributed by atoms with Gasteiger partial charge in [-0.05, 0) is 12.8 Å². The first-order valence-corrected chi connectivity index (χ1v) is 5.42. The largest absolute Gasteiger partial charge is 0.269 e. The number of hydrogen-bond donors (Lipinski definition) is 0. The zero-order valence-electron chi connectivity index (χ0n) is 8.53. The Kier molecular flexibility index (Phi) is 2.89. The summed E-state index contributed by atoms with van der Waals surface area (Å²) >= 11 is 5.90. The van der Waals surface area contributed by atoms with Crippen molar-refractivity contribution in [1.82, 2.24) is 9.78 Å². The molecule has 1 aliphatic rings. The molecular formula is C10H12ClN3O. The van der Waals surface area contributed by atoms with Gasteiger partial charge >= 0.3 is 0 Å². The van der Waals surface area contributed by atoms with Gasteiger partial charge in [-0.2, -0.15) is 10.1 Å². The summed E-state index contributed by atoms with van der Waals surface area (Å²) in [6.07, 6.45) is 6.22.